The SMILES string of the molecule is CC/C=C\C/C=C\C/C=C\C/C=C\C/C=C\C/C=C\CCC(=O)CCCN(C)CCNC(=O)C[C@H](O)C[C@@H](O)CC[C@@H]1C2C(=C[C@H](C)CC2OC(=O)C(C)(C)CC)C=C[C@@H]1C. The molecular formula is C53H84N2O6. The number of ketones is 1. The summed E-state index contributed by atoms with van der Waals surface area (Å²) in [5.41, 5.74) is 0.677. The van der Waals surface area contributed by atoms with Crippen molar-refractivity contribution in [2.45, 2.75) is 163 Å². The summed E-state index contributed by atoms with van der Waals surface area (Å²) in [6.45, 7) is 14.2. The molecule has 0 radical (unpaired) electrons. The Morgan fingerprint density at radius 2 is 1.44 bits per heavy atom. The van der Waals surface area contributed by atoms with Crippen molar-refractivity contribution in [1.29, 1.82) is 0 Å². The maximum atomic E-state index is 13.1. The molecule has 1 amide bonds. The maximum absolute atomic E-state index is 13.1. The van der Waals surface area contributed by atoms with Crippen LogP contribution in [-0.2, 0) is 19.1 Å². The molecule has 61 heavy (non-hydrogen) atoms. The van der Waals surface area contributed by atoms with Gasteiger partial charge < -0.3 is 25.2 Å². The number of aliphatic hydroxyl groups is 2. The Labute approximate surface area is 371 Å². The molecule has 0 bridgehead atoms. The van der Waals surface area contributed by atoms with Gasteiger partial charge in [0.2, 0.25) is 5.91 Å². The second kappa shape index (κ2) is 31.3. The predicted molar refractivity (Wildman–Crippen MR) is 254 cm³/mol. The Bertz CT molecular complexity index is 1520. The van der Waals surface area contributed by atoms with Crippen molar-refractivity contribution in [3.8, 4) is 0 Å². The van der Waals surface area contributed by atoms with Crippen LogP contribution >= 0.6 is 0 Å². The molecule has 2 unspecified atom stereocenters. The van der Waals surface area contributed by atoms with Gasteiger partial charge in [0.1, 0.15) is 11.9 Å². The van der Waals surface area contributed by atoms with E-state index in [1.165, 1.54) is 5.57 Å². The first-order valence-electron chi connectivity index (χ1n) is 23.6. The molecule has 0 aromatic carbocycles. The molecule has 0 saturated carbocycles. The fourth-order valence-electron chi connectivity index (χ4n) is 7.90. The normalized spacial score (nSPS) is 22.0. The average Bonchev–Trinajstić information content (AvgIpc) is 3.21. The standard InChI is InChI=1S/C53H84N2O6/c1-8-10-11-12-13-14-15-16-17-18-19-20-21-22-23-24-25-26-27-29-45(56)30-28-36-55(7)37-35-54-50(59)41-47(58)40-46(57)33-34-48-43(4)31-32-44-38-42(3)39-49(51(44)48)61-52(60)53(5,6)9-2/h10-11,13-14,16-17,19-20,22-23,25-26,31-32,38,42-43,46-49,51,57-58H,8-9,12,15,18,21,24,27-30,33-37,39-41H2,1-7H3,(H,54,59)/b11-10-,14-13-,17-16-,20-19-,23-22-,26-25-/t42-,43-,46-,47+,48-,49?,51?/m0/s1. The first-order chi connectivity index (χ1) is 29.3. The van der Waals surface area contributed by atoms with Crippen LogP contribution in [-0.4, -0.2) is 77.8 Å². The summed E-state index contributed by atoms with van der Waals surface area (Å²) in [5.74, 6) is 0.724. The second-order valence-corrected chi connectivity index (χ2v) is 18.0. The maximum Gasteiger partial charge on any atom is 0.311 e. The number of hydrogen-bond acceptors (Lipinski definition) is 7. The number of hydrogen-bond donors (Lipinski definition) is 3. The molecule has 3 N–H and O–H groups in total. The number of nitrogens with zero attached hydrogens (tertiary/aromatic N) is 1. The van der Waals surface area contributed by atoms with Crippen LogP contribution in [0.2, 0.25) is 0 Å². The van der Waals surface area contributed by atoms with Crippen LogP contribution in [0.25, 0.3) is 0 Å². The lowest BCUT2D eigenvalue weighted by atomic mass is 9.65. The van der Waals surface area contributed by atoms with Crippen molar-refractivity contribution in [3.63, 3.8) is 0 Å². The highest BCUT2D eigenvalue weighted by molar-refractivity contribution is 5.78. The minimum atomic E-state index is -0.939. The Balaban J connectivity index is 1.56. The zero-order chi connectivity index (χ0) is 44.9. The van der Waals surface area contributed by atoms with E-state index in [2.05, 4.69) is 122 Å². The summed E-state index contributed by atoms with van der Waals surface area (Å²) >= 11 is 0. The van der Waals surface area contributed by atoms with Gasteiger partial charge in [-0.05, 0) is 134 Å². The fourth-order valence-corrected chi connectivity index (χ4v) is 7.90. The molecule has 8 heteroatoms. The Hall–Kier alpha value is -3.59. The number of Topliss-reactive ketones (excluding diaryl/α,β-unsaturated/α-hetero) is 1. The molecule has 0 heterocycles. The van der Waals surface area contributed by atoms with Gasteiger partial charge in [-0.3, -0.25) is 14.4 Å². The van der Waals surface area contributed by atoms with E-state index < -0.39 is 17.6 Å². The van der Waals surface area contributed by atoms with Gasteiger partial charge in [0.15, 0.2) is 0 Å². The van der Waals surface area contributed by atoms with Crippen molar-refractivity contribution in [1.82, 2.24) is 10.2 Å². The molecule has 0 aromatic heterocycles. The third kappa shape index (κ3) is 23.4. The van der Waals surface area contributed by atoms with E-state index in [-0.39, 0.29) is 54.4 Å². The van der Waals surface area contributed by atoms with Crippen LogP contribution in [0.15, 0.2) is 96.7 Å². The molecule has 2 rings (SSSR count). The number of carbonyl (C=O) groups is 3. The molecule has 2 aliphatic rings. The highest BCUT2D eigenvalue weighted by atomic mass is 16.5. The summed E-state index contributed by atoms with van der Waals surface area (Å²) in [6, 6.07) is 0. The highest BCUT2D eigenvalue weighted by Crippen LogP contribution is 2.45. The largest absolute Gasteiger partial charge is 0.461 e. The first-order valence-corrected chi connectivity index (χ1v) is 23.6. The lowest BCUT2D eigenvalue weighted by Gasteiger charge is -2.44. The smallest absolute Gasteiger partial charge is 0.311 e. The molecule has 0 aromatic rings. The Kier molecular flexibility index (Phi) is 27.5. The van der Waals surface area contributed by atoms with E-state index >= 15 is 0 Å². The van der Waals surface area contributed by atoms with Crippen LogP contribution < -0.4 is 5.32 Å². The number of carbonyl (C=O) groups excluding carboxylic acids is 3. The molecule has 0 fully saturated rings. The molecular weight excluding hydrogens is 761 g/mol. The van der Waals surface area contributed by atoms with Gasteiger partial charge in [-0.25, -0.2) is 0 Å². The molecule has 342 valence electrons. The zero-order valence-corrected chi connectivity index (χ0v) is 39.1. The van der Waals surface area contributed by atoms with Crippen molar-refractivity contribution >= 4 is 17.7 Å². The number of amides is 1. The summed E-state index contributed by atoms with van der Waals surface area (Å²) in [5, 5.41) is 24.5. The van der Waals surface area contributed by atoms with Gasteiger partial charge in [0.25, 0.3) is 0 Å². The van der Waals surface area contributed by atoms with Gasteiger partial charge in [-0.15, -0.1) is 0 Å². The molecule has 0 saturated heterocycles. The number of fused-ring (bicyclic) bond motifs is 1. The second-order valence-electron chi connectivity index (χ2n) is 18.0. The highest BCUT2D eigenvalue weighted by Gasteiger charge is 2.43. The minimum Gasteiger partial charge on any atom is -0.461 e. The zero-order valence-electron chi connectivity index (χ0n) is 39.1. The predicted octanol–water partition coefficient (Wildman–Crippen LogP) is 10.9. The van der Waals surface area contributed by atoms with Gasteiger partial charge in [-0.2, -0.15) is 0 Å². The van der Waals surface area contributed by atoms with Crippen LogP contribution in [0.4, 0.5) is 0 Å². The van der Waals surface area contributed by atoms with E-state index in [0.29, 0.717) is 44.7 Å². The number of likely N-dealkylation sites (N-methyl/N-ethyl adjacent to an activating group) is 1. The van der Waals surface area contributed by atoms with Crippen molar-refractivity contribution < 1.29 is 29.3 Å². The number of aliphatic hydroxyl groups excluding tert-OH is 2. The fraction of sp³-hybridized carbons (Fsp3) is 0.642. The number of ether oxygens (including phenoxy) is 1. The quantitative estimate of drug-likeness (QED) is 0.0470. The summed E-state index contributed by atoms with van der Waals surface area (Å²) in [7, 11) is 1.98. The van der Waals surface area contributed by atoms with E-state index in [1.807, 2.05) is 27.8 Å². The van der Waals surface area contributed by atoms with Gasteiger partial charge >= 0.3 is 5.97 Å². The van der Waals surface area contributed by atoms with E-state index in [4.69, 9.17) is 4.74 Å². The average molecular weight is 845 g/mol. The monoisotopic (exact) mass is 845 g/mol. The molecule has 7 atom stereocenters. The van der Waals surface area contributed by atoms with Crippen molar-refractivity contribution in [3.05, 3.63) is 96.7 Å². The lowest BCUT2D eigenvalue weighted by molar-refractivity contribution is -0.164. The van der Waals surface area contributed by atoms with Gasteiger partial charge in [-0.1, -0.05) is 119 Å². The third-order valence-corrected chi connectivity index (χ3v) is 12.1. The number of allylic oxidation sites excluding steroid dienone is 15. The summed E-state index contributed by atoms with van der Waals surface area (Å²) in [6.07, 6.45) is 42.3. The van der Waals surface area contributed by atoms with E-state index in [1.54, 1.807) is 0 Å². The number of esters is 1. The minimum absolute atomic E-state index is 0.0623. The van der Waals surface area contributed by atoms with E-state index in [0.717, 1.165) is 70.8 Å². The van der Waals surface area contributed by atoms with Crippen LogP contribution in [0.5, 0.6) is 0 Å². The number of nitrogens with one attached hydrogen (secondary N) is 1. The Morgan fingerprint density at radius 1 is 0.852 bits per heavy atom. The number of rotatable bonds is 31. The molecule has 8 nitrogen and oxygen atoms in total. The van der Waals surface area contributed by atoms with E-state index in [9.17, 15) is 24.6 Å². The van der Waals surface area contributed by atoms with Crippen molar-refractivity contribution in [2.75, 3.05) is 26.7 Å². The van der Waals surface area contributed by atoms with Gasteiger partial charge in [0, 0.05) is 31.8 Å². The lowest BCUT2D eigenvalue weighted by Crippen LogP contribution is -2.43. The van der Waals surface area contributed by atoms with Gasteiger partial charge in [0.05, 0.1) is 24.0 Å². The van der Waals surface area contributed by atoms with Crippen LogP contribution in [0.1, 0.15) is 144 Å². The Morgan fingerprint density at radius 3 is 2.03 bits per heavy atom. The summed E-state index contributed by atoms with van der Waals surface area (Å²) in [4.78, 5) is 40.2. The molecule has 2 aliphatic carbocycles. The third-order valence-electron chi connectivity index (χ3n) is 12.1. The van der Waals surface area contributed by atoms with Crippen LogP contribution in [0.3, 0.4) is 0 Å². The molecule has 0 aliphatic heterocycles. The summed E-state index contributed by atoms with van der Waals surface area (Å²) < 4.78 is 6.22. The van der Waals surface area contributed by atoms with Crippen LogP contribution in [0, 0.1) is 29.1 Å². The first kappa shape index (κ1) is 53.5. The van der Waals surface area contributed by atoms with Crippen molar-refractivity contribution in [2.24, 2.45) is 29.1 Å². The topological polar surface area (TPSA) is 116 Å². The molecule has 0 spiro atoms.